The van der Waals surface area contributed by atoms with Crippen molar-refractivity contribution in [1.29, 1.82) is 0 Å². The number of carbonyl (C=O) groups excluding carboxylic acids is 1. The maximum atomic E-state index is 12.2. The SMILES string of the molecule is CN(C)CCc1ccc(NC(=O)CCc2ccc(-c3ccccc3)o2)cc1. The van der Waals surface area contributed by atoms with Crippen LogP contribution in [-0.2, 0) is 17.6 Å². The van der Waals surface area contributed by atoms with Crippen LogP contribution in [0.3, 0.4) is 0 Å². The van der Waals surface area contributed by atoms with Gasteiger partial charge in [-0.05, 0) is 50.3 Å². The Bertz CT molecular complexity index is 852. The van der Waals surface area contributed by atoms with Gasteiger partial charge in [0.2, 0.25) is 5.91 Å². The molecule has 0 aliphatic heterocycles. The molecule has 0 bridgehead atoms. The second kappa shape index (κ2) is 9.19. The summed E-state index contributed by atoms with van der Waals surface area (Å²) in [4.78, 5) is 14.4. The van der Waals surface area contributed by atoms with Crippen LogP contribution in [0.15, 0.2) is 71.1 Å². The van der Waals surface area contributed by atoms with Gasteiger partial charge in [-0.2, -0.15) is 0 Å². The third kappa shape index (κ3) is 5.83. The lowest BCUT2D eigenvalue weighted by Gasteiger charge is -2.10. The van der Waals surface area contributed by atoms with E-state index in [0.717, 1.165) is 35.7 Å². The number of nitrogens with zero attached hydrogens (tertiary/aromatic N) is 1. The monoisotopic (exact) mass is 362 g/mol. The summed E-state index contributed by atoms with van der Waals surface area (Å²) in [6.45, 7) is 1.01. The smallest absolute Gasteiger partial charge is 0.224 e. The van der Waals surface area contributed by atoms with Crippen LogP contribution in [0.1, 0.15) is 17.7 Å². The molecule has 0 saturated carbocycles. The van der Waals surface area contributed by atoms with Gasteiger partial charge in [0.1, 0.15) is 11.5 Å². The maximum Gasteiger partial charge on any atom is 0.224 e. The summed E-state index contributed by atoms with van der Waals surface area (Å²) in [6.07, 6.45) is 1.98. The lowest BCUT2D eigenvalue weighted by molar-refractivity contribution is -0.116. The molecule has 1 heterocycles. The number of rotatable bonds is 8. The zero-order chi connectivity index (χ0) is 19.1. The highest BCUT2D eigenvalue weighted by Gasteiger charge is 2.08. The predicted octanol–water partition coefficient (Wildman–Crippen LogP) is 4.62. The number of likely N-dealkylation sites (N-methyl/N-ethyl adjacent to an activating group) is 1. The van der Waals surface area contributed by atoms with Crippen LogP contribution in [-0.4, -0.2) is 31.4 Å². The third-order valence-electron chi connectivity index (χ3n) is 4.40. The number of carbonyl (C=O) groups is 1. The molecule has 4 heteroatoms. The molecular formula is C23H26N2O2. The Hall–Kier alpha value is -2.85. The lowest BCUT2D eigenvalue weighted by atomic mass is 10.1. The Balaban J connectivity index is 1.48. The first-order chi connectivity index (χ1) is 13.1. The molecule has 0 spiro atoms. The molecule has 3 rings (SSSR count). The van der Waals surface area contributed by atoms with Crippen molar-refractivity contribution in [2.75, 3.05) is 26.0 Å². The zero-order valence-electron chi connectivity index (χ0n) is 15.9. The normalized spacial score (nSPS) is 10.9. The van der Waals surface area contributed by atoms with Gasteiger partial charge in [0, 0.05) is 30.6 Å². The third-order valence-corrected chi connectivity index (χ3v) is 4.40. The van der Waals surface area contributed by atoms with E-state index in [1.165, 1.54) is 5.56 Å². The number of furan rings is 1. The van der Waals surface area contributed by atoms with Gasteiger partial charge in [0.15, 0.2) is 0 Å². The number of amides is 1. The number of hydrogen-bond acceptors (Lipinski definition) is 3. The molecule has 0 aliphatic rings. The van der Waals surface area contributed by atoms with Crippen molar-refractivity contribution < 1.29 is 9.21 Å². The summed E-state index contributed by atoms with van der Waals surface area (Å²) < 4.78 is 5.85. The first kappa shape index (κ1) is 18.9. The highest BCUT2D eigenvalue weighted by molar-refractivity contribution is 5.90. The molecule has 0 unspecified atom stereocenters. The summed E-state index contributed by atoms with van der Waals surface area (Å²) in [5.74, 6) is 1.65. The van der Waals surface area contributed by atoms with E-state index in [-0.39, 0.29) is 5.91 Å². The molecule has 4 nitrogen and oxygen atoms in total. The van der Waals surface area contributed by atoms with Crippen LogP contribution in [0.25, 0.3) is 11.3 Å². The van der Waals surface area contributed by atoms with Crippen LogP contribution < -0.4 is 5.32 Å². The second-order valence-corrected chi connectivity index (χ2v) is 6.93. The maximum absolute atomic E-state index is 12.2. The van der Waals surface area contributed by atoms with Gasteiger partial charge in [-0.1, -0.05) is 42.5 Å². The van der Waals surface area contributed by atoms with Gasteiger partial charge >= 0.3 is 0 Å². The Morgan fingerprint density at radius 2 is 1.67 bits per heavy atom. The first-order valence-electron chi connectivity index (χ1n) is 9.28. The van der Waals surface area contributed by atoms with Crippen LogP contribution in [0.4, 0.5) is 5.69 Å². The molecule has 0 fully saturated rings. The molecule has 0 saturated heterocycles. The number of hydrogen-bond donors (Lipinski definition) is 1. The average molecular weight is 362 g/mol. The van der Waals surface area contributed by atoms with E-state index < -0.39 is 0 Å². The van der Waals surface area contributed by atoms with Crippen molar-refractivity contribution in [3.8, 4) is 11.3 Å². The number of nitrogens with one attached hydrogen (secondary N) is 1. The van der Waals surface area contributed by atoms with Crippen molar-refractivity contribution in [2.24, 2.45) is 0 Å². The first-order valence-corrected chi connectivity index (χ1v) is 9.28. The minimum atomic E-state index is -0.00583. The van der Waals surface area contributed by atoms with E-state index in [9.17, 15) is 4.79 Å². The van der Waals surface area contributed by atoms with Gasteiger partial charge in [0.25, 0.3) is 0 Å². The Kier molecular flexibility index (Phi) is 6.44. The predicted molar refractivity (Wildman–Crippen MR) is 110 cm³/mol. The van der Waals surface area contributed by atoms with Crippen LogP contribution in [0.5, 0.6) is 0 Å². The van der Waals surface area contributed by atoms with E-state index >= 15 is 0 Å². The molecule has 3 aromatic rings. The standard InChI is InChI=1S/C23H26N2O2/c1-25(2)17-16-18-8-10-20(11-9-18)24-23(26)15-13-21-12-14-22(27-21)19-6-4-3-5-7-19/h3-12,14H,13,15-17H2,1-2H3,(H,24,26). The van der Waals surface area contributed by atoms with E-state index in [4.69, 9.17) is 4.42 Å². The van der Waals surface area contributed by atoms with Gasteiger partial charge in [-0.3, -0.25) is 4.79 Å². The summed E-state index contributed by atoms with van der Waals surface area (Å²) >= 11 is 0. The zero-order valence-corrected chi connectivity index (χ0v) is 15.9. The minimum Gasteiger partial charge on any atom is -0.461 e. The van der Waals surface area contributed by atoms with Gasteiger partial charge in [-0.25, -0.2) is 0 Å². The Morgan fingerprint density at radius 1 is 0.926 bits per heavy atom. The summed E-state index contributed by atoms with van der Waals surface area (Å²) in [6, 6.07) is 21.9. The fourth-order valence-electron chi connectivity index (χ4n) is 2.84. The van der Waals surface area contributed by atoms with Crippen LogP contribution >= 0.6 is 0 Å². The van der Waals surface area contributed by atoms with E-state index in [0.29, 0.717) is 12.8 Å². The summed E-state index contributed by atoms with van der Waals surface area (Å²) in [7, 11) is 4.13. The van der Waals surface area contributed by atoms with Crippen molar-refractivity contribution in [3.05, 3.63) is 78.1 Å². The number of anilines is 1. The molecule has 140 valence electrons. The second-order valence-electron chi connectivity index (χ2n) is 6.93. The average Bonchev–Trinajstić information content (AvgIpc) is 3.16. The summed E-state index contributed by atoms with van der Waals surface area (Å²) in [5.41, 5.74) is 3.14. The minimum absolute atomic E-state index is 0.00583. The topological polar surface area (TPSA) is 45.5 Å². The van der Waals surface area contributed by atoms with Gasteiger partial charge < -0.3 is 14.6 Å². The largest absolute Gasteiger partial charge is 0.461 e. The fourth-order valence-corrected chi connectivity index (χ4v) is 2.84. The van der Waals surface area contributed by atoms with E-state index in [1.807, 2.05) is 54.6 Å². The van der Waals surface area contributed by atoms with Gasteiger partial charge in [-0.15, -0.1) is 0 Å². The molecule has 0 aliphatic carbocycles. The highest BCUT2D eigenvalue weighted by Crippen LogP contribution is 2.22. The van der Waals surface area contributed by atoms with Crippen molar-refractivity contribution >= 4 is 11.6 Å². The molecular weight excluding hydrogens is 336 g/mol. The molecule has 2 aromatic carbocycles. The molecule has 1 N–H and O–H groups in total. The molecule has 0 radical (unpaired) electrons. The molecule has 27 heavy (non-hydrogen) atoms. The van der Waals surface area contributed by atoms with Crippen molar-refractivity contribution in [3.63, 3.8) is 0 Å². The van der Waals surface area contributed by atoms with E-state index in [1.54, 1.807) is 0 Å². The Labute approximate surface area is 160 Å². The Morgan fingerprint density at radius 3 is 2.37 bits per heavy atom. The van der Waals surface area contributed by atoms with Crippen molar-refractivity contribution in [2.45, 2.75) is 19.3 Å². The van der Waals surface area contributed by atoms with Gasteiger partial charge in [0.05, 0.1) is 0 Å². The highest BCUT2D eigenvalue weighted by atomic mass is 16.3. The lowest BCUT2D eigenvalue weighted by Crippen LogP contribution is -2.15. The van der Waals surface area contributed by atoms with E-state index in [2.05, 4.69) is 36.4 Å². The molecule has 1 amide bonds. The molecule has 1 aromatic heterocycles. The quantitative estimate of drug-likeness (QED) is 0.636. The summed E-state index contributed by atoms with van der Waals surface area (Å²) in [5, 5.41) is 2.95. The van der Waals surface area contributed by atoms with Crippen LogP contribution in [0.2, 0.25) is 0 Å². The fraction of sp³-hybridized carbons (Fsp3) is 0.261. The van der Waals surface area contributed by atoms with Crippen molar-refractivity contribution in [1.82, 2.24) is 4.90 Å². The number of benzene rings is 2. The van der Waals surface area contributed by atoms with Crippen LogP contribution in [0, 0.1) is 0 Å². The molecule has 0 atom stereocenters. The number of aryl methyl sites for hydroxylation is 1.